The molecule has 1 aliphatic heterocycles. The van der Waals surface area contributed by atoms with Crippen LogP contribution in [-0.2, 0) is 24.0 Å². The zero-order chi connectivity index (χ0) is 34.2. The minimum absolute atomic E-state index is 0.0200. The maximum absolute atomic E-state index is 14.1. The van der Waals surface area contributed by atoms with Gasteiger partial charge in [0.2, 0.25) is 5.91 Å². The van der Waals surface area contributed by atoms with E-state index < -0.39 is 53.6 Å². The number of fused-ring (bicyclic) bond motifs is 1. The molecule has 0 bridgehead atoms. The SMILES string of the molecule is CCCCC1(CC)CN(c2ccccc2)c2cc(SC)c(OCC(=O)N[C@@H](C(=O)NCP(=O)(O)O)c3ccccc3)cc2S(=O)(=O)C1. The quantitative estimate of drug-likeness (QED) is 0.126. The second-order valence-corrected chi connectivity index (χ2v) is 16.1. The number of benzene rings is 3. The van der Waals surface area contributed by atoms with Crippen LogP contribution in [0.1, 0.15) is 51.1 Å². The first kappa shape index (κ1) is 36.5. The van der Waals surface area contributed by atoms with Gasteiger partial charge in [-0.15, -0.1) is 11.8 Å². The lowest BCUT2D eigenvalue weighted by molar-refractivity contribution is -0.130. The van der Waals surface area contributed by atoms with Crippen LogP contribution in [0.2, 0.25) is 0 Å². The molecule has 3 aromatic carbocycles. The molecule has 4 N–H and O–H groups in total. The zero-order valence-corrected chi connectivity index (χ0v) is 29.2. The summed E-state index contributed by atoms with van der Waals surface area (Å²) in [4.78, 5) is 47.2. The van der Waals surface area contributed by atoms with E-state index >= 15 is 0 Å². The number of thioether (sulfide) groups is 1. The van der Waals surface area contributed by atoms with E-state index in [2.05, 4.69) is 22.5 Å². The van der Waals surface area contributed by atoms with Crippen molar-refractivity contribution in [3.63, 3.8) is 0 Å². The van der Waals surface area contributed by atoms with Crippen molar-refractivity contribution in [3.8, 4) is 5.75 Å². The molecule has 4 rings (SSSR count). The molecule has 0 spiro atoms. The van der Waals surface area contributed by atoms with Gasteiger partial charge in [-0.25, -0.2) is 8.42 Å². The molecule has 0 saturated heterocycles. The largest absolute Gasteiger partial charge is 0.483 e. The van der Waals surface area contributed by atoms with Crippen molar-refractivity contribution >= 4 is 52.4 Å². The molecular formula is C33H42N3O8PS2. The third-order valence-electron chi connectivity index (χ3n) is 8.26. The smallest absolute Gasteiger partial charge is 0.344 e. The molecule has 2 atom stereocenters. The van der Waals surface area contributed by atoms with Crippen LogP contribution < -0.4 is 20.3 Å². The molecule has 0 aromatic heterocycles. The number of hydrogen-bond acceptors (Lipinski definition) is 8. The Morgan fingerprint density at radius 2 is 1.72 bits per heavy atom. The van der Waals surface area contributed by atoms with Gasteiger partial charge in [-0.1, -0.05) is 75.2 Å². The lowest BCUT2D eigenvalue weighted by Crippen LogP contribution is -2.42. The van der Waals surface area contributed by atoms with E-state index in [0.717, 1.165) is 24.9 Å². The number of anilines is 2. The molecule has 1 heterocycles. The highest BCUT2D eigenvalue weighted by atomic mass is 32.2. The highest BCUT2D eigenvalue weighted by Gasteiger charge is 2.42. The maximum atomic E-state index is 14.1. The fourth-order valence-corrected chi connectivity index (χ4v) is 8.80. The van der Waals surface area contributed by atoms with Gasteiger partial charge in [0.15, 0.2) is 16.4 Å². The second kappa shape index (κ2) is 15.7. The van der Waals surface area contributed by atoms with E-state index in [0.29, 0.717) is 29.1 Å². The van der Waals surface area contributed by atoms with Crippen LogP contribution in [0.15, 0.2) is 82.6 Å². The summed E-state index contributed by atoms with van der Waals surface area (Å²) in [7, 11) is -8.32. The molecule has 3 aromatic rings. The Bertz CT molecular complexity index is 1700. The van der Waals surface area contributed by atoms with Crippen molar-refractivity contribution in [2.75, 3.05) is 36.3 Å². The van der Waals surface area contributed by atoms with Crippen LogP contribution in [0.25, 0.3) is 0 Å². The van der Waals surface area contributed by atoms with Gasteiger partial charge in [-0.3, -0.25) is 14.2 Å². The van der Waals surface area contributed by atoms with Crippen molar-refractivity contribution in [2.45, 2.75) is 55.4 Å². The first-order chi connectivity index (χ1) is 22.3. The van der Waals surface area contributed by atoms with E-state index in [4.69, 9.17) is 4.74 Å². The number of unbranched alkanes of at least 4 members (excludes halogenated alkanes) is 1. The minimum atomic E-state index is -4.54. The Balaban J connectivity index is 1.66. The maximum Gasteiger partial charge on any atom is 0.344 e. The Labute approximate surface area is 280 Å². The summed E-state index contributed by atoms with van der Waals surface area (Å²) in [6, 6.07) is 20.0. The van der Waals surface area contributed by atoms with Gasteiger partial charge in [0.1, 0.15) is 18.1 Å². The number of nitrogens with one attached hydrogen (secondary N) is 2. The lowest BCUT2D eigenvalue weighted by atomic mass is 9.81. The summed E-state index contributed by atoms with van der Waals surface area (Å²) in [5.74, 6) is -1.31. The van der Waals surface area contributed by atoms with Crippen molar-refractivity contribution < 1.29 is 37.1 Å². The molecule has 14 heteroatoms. The summed E-state index contributed by atoms with van der Waals surface area (Å²) in [5.41, 5.74) is 1.35. The Morgan fingerprint density at radius 1 is 1.06 bits per heavy atom. The van der Waals surface area contributed by atoms with Crippen LogP contribution >= 0.6 is 19.4 Å². The molecule has 11 nitrogen and oxygen atoms in total. The first-order valence-electron chi connectivity index (χ1n) is 15.4. The fraction of sp³-hybridized carbons (Fsp3) is 0.394. The molecule has 254 valence electrons. The van der Waals surface area contributed by atoms with Crippen LogP contribution in [0.4, 0.5) is 11.4 Å². The second-order valence-electron chi connectivity index (χ2n) is 11.7. The predicted molar refractivity (Wildman–Crippen MR) is 184 cm³/mol. The molecule has 1 aliphatic rings. The third-order valence-corrected chi connectivity index (χ3v) is 11.6. The number of ether oxygens (including phenoxy) is 1. The molecule has 0 aliphatic carbocycles. The molecular weight excluding hydrogens is 661 g/mol. The first-order valence-corrected chi connectivity index (χ1v) is 20.1. The number of para-hydroxylation sites is 1. The van der Waals surface area contributed by atoms with Crippen LogP contribution in [0.3, 0.4) is 0 Å². The van der Waals surface area contributed by atoms with Gasteiger partial charge in [0.05, 0.1) is 21.2 Å². The van der Waals surface area contributed by atoms with Gasteiger partial charge in [0.25, 0.3) is 5.91 Å². The Morgan fingerprint density at radius 3 is 2.32 bits per heavy atom. The standard InChI is InChI=1S/C33H42N3O8PS2/c1-4-6-17-33(5-2)21-36(25-15-11-8-12-16-25)26-18-28(46-3)27(19-29(26)47(42,43)22-33)44-20-30(37)35-31(24-13-9-7-10-14-24)32(38)34-23-45(39,40)41/h7-16,18-19,31H,4-6,17,20-23H2,1-3H3,(H,34,38)(H,35,37)(H2,39,40,41)/t31-,33?/m1/s1. The number of carbonyl (C=O) groups excluding carboxylic acids is 2. The molecule has 0 fully saturated rings. The fourth-order valence-electron chi connectivity index (χ4n) is 5.72. The van der Waals surface area contributed by atoms with Gasteiger partial charge < -0.3 is 30.1 Å². The van der Waals surface area contributed by atoms with Gasteiger partial charge >= 0.3 is 7.60 Å². The van der Waals surface area contributed by atoms with Gasteiger partial charge in [-0.2, -0.15) is 0 Å². The van der Waals surface area contributed by atoms with Crippen molar-refractivity contribution in [3.05, 3.63) is 78.4 Å². The van der Waals surface area contributed by atoms with E-state index in [1.54, 1.807) is 36.4 Å². The highest BCUT2D eigenvalue weighted by Crippen LogP contribution is 2.47. The number of amides is 2. The summed E-state index contributed by atoms with van der Waals surface area (Å²) in [5, 5.41) is 4.75. The van der Waals surface area contributed by atoms with Gasteiger partial charge in [0, 0.05) is 23.7 Å². The van der Waals surface area contributed by atoms with Crippen molar-refractivity contribution in [2.24, 2.45) is 5.41 Å². The minimum Gasteiger partial charge on any atom is -0.483 e. The van der Waals surface area contributed by atoms with E-state index in [9.17, 15) is 32.4 Å². The van der Waals surface area contributed by atoms with Crippen molar-refractivity contribution in [1.29, 1.82) is 0 Å². The number of nitrogens with zero attached hydrogens (tertiary/aromatic N) is 1. The number of carbonyl (C=O) groups is 2. The summed E-state index contributed by atoms with van der Waals surface area (Å²) < 4.78 is 45.5. The third kappa shape index (κ3) is 9.39. The van der Waals surface area contributed by atoms with E-state index in [1.165, 1.54) is 17.8 Å². The number of rotatable bonds is 14. The Hall–Kier alpha value is -3.35. The van der Waals surface area contributed by atoms with E-state index in [-0.39, 0.29) is 16.4 Å². The zero-order valence-electron chi connectivity index (χ0n) is 26.7. The van der Waals surface area contributed by atoms with Crippen LogP contribution in [0, 0.1) is 5.41 Å². The monoisotopic (exact) mass is 703 g/mol. The molecule has 2 amide bonds. The predicted octanol–water partition coefficient (Wildman–Crippen LogP) is 5.41. The molecule has 0 saturated carbocycles. The van der Waals surface area contributed by atoms with Crippen LogP contribution in [-0.4, -0.2) is 61.5 Å². The summed E-state index contributed by atoms with van der Waals surface area (Å²) >= 11 is 1.35. The lowest BCUT2D eigenvalue weighted by Gasteiger charge is -2.36. The highest BCUT2D eigenvalue weighted by molar-refractivity contribution is 7.98. The average Bonchev–Trinajstić information content (AvgIpc) is 3.15. The normalized spacial score (nSPS) is 18.0. The number of hydrogen-bond donors (Lipinski definition) is 4. The molecule has 47 heavy (non-hydrogen) atoms. The summed E-state index contributed by atoms with van der Waals surface area (Å²) in [6.45, 7) is 4.13. The van der Waals surface area contributed by atoms with E-state index in [1.807, 2.05) is 43.5 Å². The Kier molecular flexibility index (Phi) is 12.2. The average molecular weight is 704 g/mol. The van der Waals surface area contributed by atoms with Gasteiger partial charge in [-0.05, 0) is 42.9 Å². The molecule has 1 unspecified atom stereocenters. The topological polar surface area (TPSA) is 162 Å². The molecule has 0 radical (unpaired) electrons. The summed E-state index contributed by atoms with van der Waals surface area (Å²) in [6.07, 6.45) is 4.25. The number of sulfone groups is 1. The van der Waals surface area contributed by atoms with Crippen LogP contribution in [0.5, 0.6) is 5.75 Å². The van der Waals surface area contributed by atoms with Crippen molar-refractivity contribution in [1.82, 2.24) is 10.6 Å².